The number of sulfonamides is 1. The third-order valence-corrected chi connectivity index (χ3v) is 7.76. The average molecular weight is 461 g/mol. The number of para-hydroxylation sites is 1. The monoisotopic (exact) mass is 460 g/mol. The van der Waals surface area contributed by atoms with Crippen molar-refractivity contribution in [2.45, 2.75) is 44.0 Å². The molecule has 1 saturated heterocycles. The maximum absolute atomic E-state index is 13.5. The molecule has 0 unspecified atom stereocenters. The summed E-state index contributed by atoms with van der Waals surface area (Å²) in [4.78, 5) is 13.0. The van der Waals surface area contributed by atoms with Gasteiger partial charge in [-0.25, -0.2) is 8.42 Å². The molecule has 0 aliphatic carbocycles. The maximum Gasteiger partial charge on any atom is 0.246 e. The Morgan fingerprint density at radius 1 is 1.12 bits per heavy atom. The van der Waals surface area contributed by atoms with Crippen molar-refractivity contribution in [3.8, 4) is 11.5 Å². The second-order valence-corrected chi connectivity index (χ2v) is 10.2. The van der Waals surface area contributed by atoms with E-state index in [1.54, 1.807) is 19.2 Å². The molecule has 0 saturated carbocycles. The molecule has 1 heterocycles. The fourth-order valence-corrected chi connectivity index (χ4v) is 5.66. The Kier molecular flexibility index (Phi) is 7.79. The molecule has 1 amide bonds. The van der Waals surface area contributed by atoms with Gasteiger partial charge in [0.05, 0.1) is 20.1 Å². The summed E-state index contributed by atoms with van der Waals surface area (Å²) in [6.07, 6.45) is 1.27. The number of carbonyl (C=O) groups is 1. The van der Waals surface area contributed by atoms with Crippen molar-refractivity contribution in [3.63, 3.8) is 0 Å². The third kappa shape index (κ3) is 5.24. The zero-order valence-electron chi connectivity index (χ0n) is 19.1. The van der Waals surface area contributed by atoms with E-state index in [2.05, 4.69) is 5.32 Å². The van der Waals surface area contributed by atoms with Crippen molar-refractivity contribution in [2.24, 2.45) is 5.92 Å². The molecular formula is C24H32N2O5S. The van der Waals surface area contributed by atoms with Gasteiger partial charge < -0.3 is 14.8 Å². The van der Waals surface area contributed by atoms with Crippen LogP contribution in [0.15, 0.2) is 47.4 Å². The number of methoxy groups -OCH3 is 2. The van der Waals surface area contributed by atoms with E-state index in [4.69, 9.17) is 9.47 Å². The van der Waals surface area contributed by atoms with Gasteiger partial charge in [-0.2, -0.15) is 4.31 Å². The number of piperidine rings is 1. The van der Waals surface area contributed by atoms with Gasteiger partial charge >= 0.3 is 0 Å². The molecular weight excluding hydrogens is 428 g/mol. The fraction of sp³-hybridized carbons (Fsp3) is 0.458. The minimum atomic E-state index is -3.80. The Balaban J connectivity index is 1.75. The molecule has 0 aromatic heterocycles. The zero-order valence-corrected chi connectivity index (χ0v) is 19.9. The number of ether oxygens (including phenoxy) is 2. The van der Waals surface area contributed by atoms with Gasteiger partial charge in [-0.3, -0.25) is 4.79 Å². The molecule has 8 heteroatoms. The molecule has 1 N–H and O–H groups in total. The summed E-state index contributed by atoms with van der Waals surface area (Å²) in [6.45, 7) is 4.89. The van der Waals surface area contributed by atoms with Gasteiger partial charge in [0.25, 0.3) is 0 Å². The second-order valence-electron chi connectivity index (χ2n) is 8.30. The van der Waals surface area contributed by atoms with Gasteiger partial charge in [0.2, 0.25) is 15.9 Å². The van der Waals surface area contributed by atoms with Gasteiger partial charge in [0.1, 0.15) is 16.4 Å². The predicted molar refractivity (Wildman–Crippen MR) is 123 cm³/mol. The fourth-order valence-electron chi connectivity index (χ4n) is 3.94. The highest BCUT2D eigenvalue weighted by Crippen LogP contribution is 2.32. The largest absolute Gasteiger partial charge is 0.496 e. The number of nitrogens with zero attached hydrogens (tertiary/aromatic N) is 1. The van der Waals surface area contributed by atoms with Crippen molar-refractivity contribution in [3.05, 3.63) is 53.6 Å². The first-order valence-electron chi connectivity index (χ1n) is 10.9. The van der Waals surface area contributed by atoms with E-state index >= 15 is 0 Å². The highest BCUT2D eigenvalue weighted by atomic mass is 32.2. The molecule has 174 valence electrons. The van der Waals surface area contributed by atoms with Crippen LogP contribution in [-0.2, 0) is 21.4 Å². The summed E-state index contributed by atoms with van der Waals surface area (Å²) in [5.74, 6) is 0.644. The van der Waals surface area contributed by atoms with E-state index in [0.717, 1.165) is 11.1 Å². The van der Waals surface area contributed by atoms with Crippen molar-refractivity contribution in [1.82, 2.24) is 9.62 Å². The predicted octanol–water partition coefficient (Wildman–Crippen LogP) is 3.54. The minimum absolute atomic E-state index is 0.148. The standard InChI is InChI=1S/C24H32N2O5S/c1-17(2)18-11-12-22(31-4)23(14-18)32(28,29)26-13-7-9-20(16-26)24(27)25-15-19-8-5-6-10-21(19)30-3/h5-6,8,10-12,14,17,20H,7,9,13,15-16H2,1-4H3,(H,25,27)/t20-/m1/s1. The summed E-state index contributed by atoms with van der Waals surface area (Å²) in [7, 11) is -0.740. The van der Waals surface area contributed by atoms with Gasteiger partial charge in [-0.1, -0.05) is 38.1 Å². The smallest absolute Gasteiger partial charge is 0.246 e. The van der Waals surface area contributed by atoms with Crippen molar-refractivity contribution < 1.29 is 22.7 Å². The maximum atomic E-state index is 13.5. The lowest BCUT2D eigenvalue weighted by Gasteiger charge is -2.31. The van der Waals surface area contributed by atoms with Crippen LogP contribution in [-0.4, -0.2) is 45.9 Å². The van der Waals surface area contributed by atoms with E-state index in [9.17, 15) is 13.2 Å². The zero-order chi connectivity index (χ0) is 23.3. The average Bonchev–Trinajstić information content (AvgIpc) is 2.82. The summed E-state index contributed by atoms with van der Waals surface area (Å²) >= 11 is 0. The van der Waals surface area contributed by atoms with Gasteiger partial charge in [0, 0.05) is 25.2 Å². The Hall–Kier alpha value is -2.58. The molecule has 0 spiro atoms. The molecule has 2 aromatic rings. The normalized spacial score (nSPS) is 17.2. The number of hydrogen-bond donors (Lipinski definition) is 1. The lowest BCUT2D eigenvalue weighted by molar-refractivity contribution is -0.126. The summed E-state index contributed by atoms with van der Waals surface area (Å²) in [5, 5.41) is 2.94. The van der Waals surface area contributed by atoms with E-state index in [1.807, 2.05) is 44.2 Å². The molecule has 1 atom stereocenters. The molecule has 3 rings (SSSR count). The third-order valence-electron chi connectivity index (χ3n) is 5.87. The lowest BCUT2D eigenvalue weighted by Crippen LogP contribution is -2.45. The van der Waals surface area contributed by atoms with Crippen LogP contribution < -0.4 is 14.8 Å². The van der Waals surface area contributed by atoms with Gasteiger partial charge in [0.15, 0.2) is 0 Å². The Labute approximate surface area is 190 Å². The van der Waals surface area contributed by atoms with Crippen LogP contribution in [0.25, 0.3) is 0 Å². The van der Waals surface area contributed by atoms with Crippen LogP contribution in [0.3, 0.4) is 0 Å². The number of benzene rings is 2. The van der Waals surface area contributed by atoms with E-state index < -0.39 is 15.9 Å². The second kappa shape index (κ2) is 10.4. The Morgan fingerprint density at radius 3 is 2.53 bits per heavy atom. The molecule has 2 aromatic carbocycles. The lowest BCUT2D eigenvalue weighted by atomic mass is 9.98. The van der Waals surface area contributed by atoms with E-state index in [1.165, 1.54) is 11.4 Å². The van der Waals surface area contributed by atoms with Gasteiger partial charge in [-0.15, -0.1) is 0 Å². The van der Waals surface area contributed by atoms with Crippen LogP contribution in [0, 0.1) is 5.92 Å². The van der Waals surface area contributed by atoms with Crippen LogP contribution in [0.2, 0.25) is 0 Å². The van der Waals surface area contributed by atoms with Gasteiger partial charge in [-0.05, 0) is 42.5 Å². The summed E-state index contributed by atoms with van der Waals surface area (Å²) in [6, 6.07) is 12.8. The SMILES string of the molecule is COc1ccccc1CNC(=O)[C@@H]1CCCN(S(=O)(=O)c2cc(C(C)C)ccc2OC)C1. The number of amides is 1. The number of carbonyl (C=O) groups excluding carboxylic acids is 1. The highest BCUT2D eigenvalue weighted by molar-refractivity contribution is 7.89. The number of rotatable bonds is 8. The molecule has 0 radical (unpaired) electrons. The molecule has 0 bridgehead atoms. The highest BCUT2D eigenvalue weighted by Gasteiger charge is 2.35. The quantitative estimate of drug-likeness (QED) is 0.651. The van der Waals surface area contributed by atoms with Crippen LogP contribution in [0.4, 0.5) is 0 Å². The number of nitrogens with one attached hydrogen (secondary N) is 1. The van der Waals surface area contributed by atoms with Crippen molar-refractivity contribution in [1.29, 1.82) is 0 Å². The first-order chi connectivity index (χ1) is 15.3. The van der Waals surface area contributed by atoms with Crippen molar-refractivity contribution >= 4 is 15.9 Å². The molecule has 1 aliphatic rings. The van der Waals surface area contributed by atoms with Crippen LogP contribution in [0.5, 0.6) is 11.5 Å². The molecule has 1 fully saturated rings. The van der Waals surface area contributed by atoms with Crippen LogP contribution >= 0.6 is 0 Å². The first-order valence-corrected chi connectivity index (χ1v) is 12.3. The summed E-state index contributed by atoms with van der Waals surface area (Å²) in [5.41, 5.74) is 1.80. The molecule has 32 heavy (non-hydrogen) atoms. The summed E-state index contributed by atoms with van der Waals surface area (Å²) < 4.78 is 39.0. The molecule has 7 nitrogen and oxygen atoms in total. The minimum Gasteiger partial charge on any atom is -0.496 e. The van der Waals surface area contributed by atoms with Crippen molar-refractivity contribution in [2.75, 3.05) is 27.3 Å². The van der Waals surface area contributed by atoms with E-state index in [0.29, 0.717) is 37.4 Å². The first kappa shape index (κ1) is 24.1. The van der Waals surface area contributed by atoms with E-state index in [-0.39, 0.29) is 23.3 Å². The molecule has 1 aliphatic heterocycles. The Morgan fingerprint density at radius 2 is 1.84 bits per heavy atom. The van der Waals surface area contributed by atoms with Crippen LogP contribution in [0.1, 0.15) is 43.7 Å². The number of hydrogen-bond acceptors (Lipinski definition) is 5. The Bertz CT molecular complexity index is 1050. The topological polar surface area (TPSA) is 84.9 Å².